The predicted octanol–water partition coefficient (Wildman–Crippen LogP) is 2.27. The third-order valence-electron chi connectivity index (χ3n) is 2.89. The van der Waals surface area contributed by atoms with Crippen LogP contribution in [0.25, 0.3) is 0 Å². The molecule has 1 aromatic rings. The zero-order valence-corrected chi connectivity index (χ0v) is 10.9. The molecule has 1 unspecified atom stereocenters. The van der Waals surface area contributed by atoms with Crippen molar-refractivity contribution in [3.63, 3.8) is 0 Å². The van der Waals surface area contributed by atoms with Gasteiger partial charge in [0.2, 0.25) is 10.0 Å². The molecule has 1 aromatic carbocycles. The van der Waals surface area contributed by atoms with Gasteiger partial charge in [-0.15, -0.1) is 0 Å². The molecule has 0 bridgehead atoms. The first-order valence-corrected chi connectivity index (χ1v) is 7.67. The first-order chi connectivity index (χ1) is 7.94. The first-order valence-electron chi connectivity index (χ1n) is 5.78. The summed E-state index contributed by atoms with van der Waals surface area (Å²) in [4.78, 5) is 0. The molecule has 1 aliphatic carbocycles. The number of hydrogen-bond donors (Lipinski definition) is 2. The quantitative estimate of drug-likeness (QED) is 0.847. The summed E-state index contributed by atoms with van der Waals surface area (Å²) < 4.78 is 24.7. The molecule has 0 amide bonds. The summed E-state index contributed by atoms with van der Waals surface area (Å²) in [7, 11) is -3.20. The third kappa shape index (κ3) is 3.93. The minimum atomic E-state index is -3.20. The summed E-state index contributed by atoms with van der Waals surface area (Å²) in [5, 5.41) is 3.40. The van der Waals surface area contributed by atoms with Gasteiger partial charge >= 0.3 is 0 Å². The molecule has 0 radical (unpaired) electrons. The molecule has 2 rings (SSSR count). The van der Waals surface area contributed by atoms with Gasteiger partial charge in [-0.2, -0.15) is 0 Å². The van der Waals surface area contributed by atoms with Crippen molar-refractivity contribution in [3.05, 3.63) is 24.3 Å². The van der Waals surface area contributed by atoms with Crippen LogP contribution in [0.5, 0.6) is 0 Å². The molecule has 4 nitrogen and oxygen atoms in total. The molecular formula is C12H18N2O2S. The highest BCUT2D eigenvalue weighted by Gasteiger charge is 2.27. The van der Waals surface area contributed by atoms with Crippen LogP contribution in [0.4, 0.5) is 11.4 Å². The number of sulfonamides is 1. The molecule has 0 heterocycles. The second kappa shape index (κ2) is 4.56. The van der Waals surface area contributed by atoms with Gasteiger partial charge in [0, 0.05) is 11.7 Å². The largest absolute Gasteiger partial charge is 0.382 e. The summed E-state index contributed by atoms with van der Waals surface area (Å²) in [6.07, 6.45) is 3.73. The van der Waals surface area contributed by atoms with Crippen LogP contribution in [0.3, 0.4) is 0 Å². The van der Waals surface area contributed by atoms with E-state index < -0.39 is 10.0 Å². The molecule has 0 aromatic heterocycles. The third-order valence-corrected chi connectivity index (χ3v) is 3.50. The monoisotopic (exact) mass is 254 g/mol. The lowest BCUT2D eigenvalue weighted by molar-refractivity contribution is 0.607. The van der Waals surface area contributed by atoms with E-state index in [2.05, 4.69) is 17.0 Å². The predicted molar refractivity (Wildman–Crippen MR) is 70.7 cm³/mol. The summed E-state index contributed by atoms with van der Waals surface area (Å²) >= 11 is 0. The van der Waals surface area contributed by atoms with E-state index >= 15 is 0 Å². The Kier molecular flexibility index (Phi) is 3.28. The van der Waals surface area contributed by atoms with Gasteiger partial charge in [0.1, 0.15) is 0 Å². The Bertz CT molecular complexity index is 495. The van der Waals surface area contributed by atoms with Gasteiger partial charge in [-0.25, -0.2) is 8.42 Å². The van der Waals surface area contributed by atoms with Crippen LogP contribution in [0.1, 0.15) is 19.8 Å². The standard InChI is InChI=1S/C12H18N2O2S/c1-9(10-6-7-10)13-11-4-3-5-12(8-11)14-17(2,15)16/h3-5,8-10,13-14H,6-7H2,1-2H3. The average molecular weight is 254 g/mol. The van der Waals surface area contributed by atoms with E-state index in [-0.39, 0.29) is 0 Å². The van der Waals surface area contributed by atoms with Gasteiger partial charge < -0.3 is 5.32 Å². The highest BCUT2D eigenvalue weighted by atomic mass is 32.2. The van der Waals surface area contributed by atoms with Crippen LogP contribution in [0.2, 0.25) is 0 Å². The molecule has 2 N–H and O–H groups in total. The molecule has 1 aliphatic rings. The Morgan fingerprint density at radius 1 is 1.29 bits per heavy atom. The zero-order valence-electron chi connectivity index (χ0n) is 10.1. The highest BCUT2D eigenvalue weighted by molar-refractivity contribution is 7.92. The van der Waals surface area contributed by atoms with Gasteiger partial charge in [-0.05, 0) is 43.9 Å². The lowest BCUT2D eigenvalue weighted by atomic mass is 10.2. The average Bonchev–Trinajstić information content (AvgIpc) is 2.97. The normalized spacial score (nSPS) is 17.5. The maximum absolute atomic E-state index is 11.1. The van der Waals surface area contributed by atoms with Crippen LogP contribution < -0.4 is 10.0 Å². The summed E-state index contributed by atoms with van der Waals surface area (Å²) in [5.41, 5.74) is 1.55. The molecule has 0 saturated heterocycles. The molecule has 1 fully saturated rings. The minimum absolute atomic E-state index is 0.448. The van der Waals surface area contributed by atoms with Gasteiger partial charge in [-0.3, -0.25) is 4.72 Å². The first kappa shape index (κ1) is 12.2. The molecule has 17 heavy (non-hydrogen) atoms. The van der Waals surface area contributed by atoms with E-state index in [4.69, 9.17) is 0 Å². The van der Waals surface area contributed by atoms with E-state index in [0.717, 1.165) is 17.9 Å². The molecule has 1 saturated carbocycles. The van der Waals surface area contributed by atoms with Crippen LogP contribution in [-0.2, 0) is 10.0 Å². The van der Waals surface area contributed by atoms with Gasteiger partial charge in [0.15, 0.2) is 0 Å². The summed E-state index contributed by atoms with van der Waals surface area (Å²) in [5.74, 6) is 0.765. The Morgan fingerprint density at radius 3 is 2.53 bits per heavy atom. The lowest BCUT2D eigenvalue weighted by Gasteiger charge is -2.15. The Balaban J connectivity index is 2.05. The second-order valence-corrected chi connectivity index (χ2v) is 6.47. The van der Waals surface area contributed by atoms with Crippen molar-refractivity contribution in [3.8, 4) is 0 Å². The molecule has 5 heteroatoms. The number of nitrogens with one attached hydrogen (secondary N) is 2. The summed E-state index contributed by atoms with van der Waals surface area (Å²) in [6, 6.07) is 7.80. The Hall–Kier alpha value is -1.23. The smallest absolute Gasteiger partial charge is 0.229 e. The fourth-order valence-electron chi connectivity index (χ4n) is 1.86. The molecule has 1 atom stereocenters. The fraction of sp³-hybridized carbons (Fsp3) is 0.500. The van der Waals surface area contributed by atoms with Crippen molar-refractivity contribution in [2.45, 2.75) is 25.8 Å². The van der Waals surface area contributed by atoms with E-state index in [1.807, 2.05) is 18.2 Å². The number of hydrogen-bond acceptors (Lipinski definition) is 3. The van der Waals surface area contributed by atoms with Crippen molar-refractivity contribution >= 4 is 21.4 Å². The van der Waals surface area contributed by atoms with Crippen molar-refractivity contribution in [1.82, 2.24) is 0 Å². The van der Waals surface area contributed by atoms with Gasteiger partial charge in [-0.1, -0.05) is 6.07 Å². The number of anilines is 2. The van der Waals surface area contributed by atoms with E-state index in [9.17, 15) is 8.42 Å². The van der Waals surface area contributed by atoms with E-state index in [1.54, 1.807) is 6.07 Å². The molecular weight excluding hydrogens is 236 g/mol. The Morgan fingerprint density at radius 2 is 1.94 bits per heavy atom. The minimum Gasteiger partial charge on any atom is -0.382 e. The highest BCUT2D eigenvalue weighted by Crippen LogP contribution is 2.34. The van der Waals surface area contributed by atoms with Crippen molar-refractivity contribution in [2.75, 3.05) is 16.3 Å². The van der Waals surface area contributed by atoms with Crippen LogP contribution >= 0.6 is 0 Å². The zero-order chi connectivity index (χ0) is 12.5. The van der Waals surface area contributed by atoms with Crippen LogP contribution in [0, 0.1) is 5.92 Å². The second-order valence-electron chi connectivity index (χ2n) is 4.73. The molecule has 94 valence electrons. The van der Waals surface area contributed by atoms with Gasteiger partial charge in [0.05, 0.1) is 11.9 Å². The van der Waals surface area contributed by atoms with Crippen LogP contribution in [0.15, 0.2) is 24.3 Å². The lowest BCUT2D eigenvalue weighted by Crippen LogP contribution is -2.17. The fourth-order valence-corrected chi connectivity index (χ4v) is 2.42. The van der Waals surface area contributed by atoms with Gasteiger partial charge in [0.25, 0.3) is 0 Å². The van der Waals surface area contributed by atoms with Crippen molar-refractivity contribution in [1.29, 1.82) is 0 Å². The Labute approximate surface area is 102 Å². The molecule has 0 aliphatic heterocycles. The summed E-state index contributed by atoms with van der Waals surface area (Å²) in [6.45, 7) is 2.16. The van der Waals surface area contributed by atoms with Crippen molar-refractivity contribution < 1.29 is 8.42 Å². The maximum Gasteiger partial charge on any atom is 0.229 e. The maximum atomic E-state index is 11.1. The van der Waals surface area contributed by atoms with E-state index in [1.165, 1.54) is 12.8 Å². The SMILES string of the molecule is CC(Nc1cccc(NS(C)(=O)=O)c1)C1CC1. The molecule has 0 spiro atoms. The number of benzene rings is 1. The topological polar surface area (TPSA) is 58.2 Å². The van der Waals surface area contributed by atoms with Crippen molar-refractivity contribution in [2.24, 2.45) is 5.92 Å². The van der Waals surface area contributed by atoms with Crippen LogP contribution in [-0.4, -0.2) is 20.7 Å². The van der Waals surface area contributed by atoms with E-state index in [0.29, 0.717) is 11.7 Å². The number of rotatable bonds is 5.